The number of carbonyl (C=O) groups is 1. The third-order valence-electron chi connectivity index (χ3n) is 3.71. The lowest BCUT2D eigenvalue weighted by atomic mass is 10.0. The number of rotatable bonds is 5. The fourth-order valence-corrected chi connectivity index (χ4v) is 2.69. The summed E-state index contributed by atoms with van der Waals surface area (Å²) < 4.78 is 0. The van der Waals surface area contributed by atoms with Crippen molar-refractivity contribution in [3.05, 3.63) is 0 Å². The number of hydrogen-bond acceptors (Lipinski definition) is 3. The van der Waals surface area contributed by atoms with Crippen LogP contribution >= 0.6 is 0 Å². The molecule has 1 aliphatic heterocycles. The van der Waals surface area contributed by atoms with Crippen molar-refractivity contribution < 1.29 is 4.79 Å². The van der Waals surface area contributed by atoms with E-state index >= 15 is 0 Å². The first kappa shape index (κ1) is 11.9. The number of amides is 1. The van der Waals surface area contributed by atoms with E-state index in [1.807, 2.05) is 6.92 Å². The molecule has 1 amide bonds. The number of nitrogens with one attached hydrogen (secondary N) is 1. The fourth-order valence-electron chi connectivity index (χ4n) is 2.69. The van der Waals surface area contributed by atoms with Gasteiger partial charge in [0.25, 0.3) is 0 Å². The van der Waals surface area contributed by atoms with E-state index in [9.17, 15) is 4.79 Å². The van der Waals surface area contributed by atoms with E-state index in [-0.39, 0.29) is 11.9 Å². The zero-order valence-corrected chi connectivity index (χ0v) is 10.3. The van der Waals surface area contributed by atoms with Crippen LogP contribution in [0, 0.1) is 5.92 Å². The lowest BCUT2D eigenvalue weighted by Gasteiger charge is -2.21. The topological polar surface area (TPSA) is 58.4 Å². The molecule has 2 fully saturated rings. The highest BCUT2D eigenvalue weighted by Crippen LogP contribution is 2.31. The Hall–Kier alpha value is -0.610. The first-order valence-corrected chi connectivity index (χ1v) is 6.34. The maximum absolute atomic E-state index is 10.8. The van der Waals surface area contributed by atoms with E-state index in [4.69, 9.17) is 5.73 Å². The van der Waals surface area contributed by atoms with Gasteiger partial charge < -0.3 is 11.1 Å². The van der Waals surface area contributed by atoms with Crippen LogP contribution in [0.1, 0.15) is 33.1 Å². The van der Waals surface area contributed by atoms with E-state index in [0.29, 0.717) is 18.4 Å². The van der Waals surface area contributed by atoms with Gasteiger partial charge in [0.1, 0.15) is 0 Å². The number of hydrogen-bond donors (Lipinski definition) is 2. The number of primary amides is 1. The van der Waals surface area contributed by atoms with Crippen LogP contribution in [0.2, 0.25) is 0 Å². The normalized spacial score (nSPS) is 32.9. The van der Waals surface area contributed by atoms with E-state index in [0.717, 1.165) is 12.6 Å². The molecule has 3 unspecified atom stereocenters. The van der Waals surface area contributed by atoms with Crippen molar-refractivity contribution in [2.45, 2.75) is 51.2 Å². The zero-order chi connectivity index (χ0) is 11.7. The molecule has 1 heterocycles. The van der Waals surface area contributed by atoms with Gasteiger partial charge in [-0.25, -0.2) is 0 Å². The molecule has 0 radical (unpaired) electrons. The highest BCUT2D eigenvalue weighted by atomic mass is 16.1. The van der Waals surface area contributed by atoms with Crippen molar-refractivity contribution in [1.82, 2.24) is 10.2 Å². The van der Waals surface area contributed by atoms with Crippen molar-refractivity contribution in [2.24, 2.45) is 11.7 Å². The Balaban J connectivity index is 1.78. The molecule has 4 heteroatoms. The van der Waals surface area contributed by atoms with Gasteiger partial charge >= 0.3 is 0 Å². The Bertz CT molecular complexity index is 265. The maximum Gasteiger partial charge on any atom is 0.218 e. The lowest BCUT2D eigenvalue weighted by Crippen LogP contribution is -2.43. The first-order valence-electron chi connectivity index (χ1n) is 6.34. The van der Waals surface area contributed by atoms with Crippen LogP contribution in [0.5, 0.6) is 0 Å². The molecule has 1 saturated carbocycles. The van der Waals surface area contributed by atoms with Crippen LogP contribution in [0.4, 0.5) is 0 Å². The minimum atomic E-state index is -0.218. The Morgan fingerprint density at radius 2 is 2.19 bits per heavy atom. The van der Waals surface area contributed by atoms with Crippen LogP contribution in [-0.4, -0.2) is 42.0 Å². The fraction of sp³-hybridized carbons (Fsp3) is 0.917. The molecule has 1 saturated heterocycles. The largest absolute Gasteiger partial charge is 0.370 e. The molecule has 92 valence electrons. The molecule has 16 heavy (non-hydrogen) atoms. The minimum Gasteiger partial charge on any atom is -0.370 e. The summed E-state index contributed by atoms with van der Waals surface area (Å²) in [6, 6.07) is 1.57. The van der Waals surface area contributed by atoms with Crippen molar-refractivity contribution in [2.75, 3.05) is 13.1 Å². The van der Waals surface area contributed by atoms with Gasteiger partial charge in [-0.05, 0) is 25.7 Å². The molecule has 2 rings (SSSR count). The molecule has 2 aliphatic rings. The van der Waals surface area contributed by atoms with Crippen molar-refractivity contribution in [3.63, 3.8) is 0 Å². The van der Waals surface area contributed by atoms with Gasteiger partial charge in [0.15, 0.2) is 0 Å². The number of likely N-dealkylation sites (tertiary alicyclic amines) is 1. The smallest absolute Gasteiger partial charge is 0.218 e. The average molecular weight is 225 g/mol. The molecule has 0 aromatic rings. The highest BCUT2D eigenvalue weighted by molar-refractivity contribution is 5.74. The summed E-state index contributed by atoms with van der Waals surface area (Å²) in [5.41, 5.74) is 5.20. The molecule has 3 N–H and O–H groups in total. The van der Waals surface area contributed by atoms with Gasteiger partial charge in [-0.1, -0.05) is 6.92 Å². The molecule has 0 spiro atoms. The van der Waals surface area contributed by atoms with Crippen LogP contribution in [0.25, 0.3) is 0 Å². The average Bonchev–Trinajstić information content (AvgIpc) is 2.92. The zero-order valence-electron chi connectivity index (χ0n) is 10.3. The molecular weight excluding hydrogens is 202 g/mol. The van der Waals surface area contributed by atoms with E-state index < -0.39 is 0 Å². The minimum absolute atomic E-state index is 0.198. The van der Waals surface area contributed by atoms with E-state index in [1.165, 1.54) is 19.4 Å². The molecule has 0 bridgehead atoms. The lowest BCUT2D eigenvalue weighted by molar-refractivity contribution is -0.118. The summed E-state index contributed by atoms with van der Waals surface area (Å²) in [5, 5.41) is 3.53. The second kappa shape index (κ2) is 4.72. The van der Waals surface area contributed by atoms with Gasteiger partial charge in [0.05, 0.1) is 0 Å². The summed E-state index contributed by atoms with van der Waals surface area (Å²) >= 11 is 0. The van der Waals surface area contributed by atoms with Gasteiger partial charge in [0.2, 0.25) is 5.91 Å². The quantitative estimate of drug-likeness (QED) is 0.708. The van der Waals surface area contributed by atoms with Crippen LogP contribution < -0.4 is 11.1 Å². The Morgan fingerprint density at radius 1 is 1.50 bits per heavy atom. The van der Waals surface area contributed by atoms with Gasteiger partial charge in [-0.3, -0.25) is 9.69 Å². The van der Waals surface area contributed by atoms with Crippen LogP contribution in [0.3, 0.4) is 0 Å². The Morgan fingerprint density at radius 3 is 2.75 bits per heavy atom. The SMILES string of the molecule is CC(CC(N)=O)NC1CN(C2CC2)CC1C. The van der Waals surface area contributed by atoms with Gasteiger partial charge in [-0.15, -0.1) is 0 Å². The third kappa shape index (κ3) is 2.95. The number of carbonyl (C=O) groups excluding carboxylic acids is 1. The Kier molecular flexibility index (Phi) is 3.50. The number of nitrogens with zero attached hydrogens (tertiary/aromatic N) is 1. The van der Waals surface area contributed by atoms with Crippen molar-refractivity contribution in [1.29, 1.82) is 0 Å². The summed E-state index contributed by atoms with van der Waals surface area (Å²) in [6.45, 7) is 6.66. The summed E-state index contributed by atoms with van der Waals surface area (Å²) in [7, 11) is 0. The molecule has 1 aliphatic carbocycles. The monoisotopic (exact) mass is 225 g/mol. The van der Waals surface area contributed by atoms with Crippen LogP contribution in [0.15, 0.2) is 0 Å². The maximum atomic E-state index is 10.8. The molecule has 4 nitrogen and oxygen atoms in total. The molecular formula is C12H23N3O. The van der Waals surface area contributed by atoms with Crippen molar-refractivity contribution in [3.8, 4) is 0 Å². The van der Waals surface area contributed by atoms with Crippen LogP contribution in [-0.2, 0) is 4.79 Å². The van der Waals surface area contributed by atoms with E-state index in [1.54, 1.807) is 0 Å². The second-order valence-electron chi connectivity index (χ2n) is 5.51. The summed E-state index contributed by atoms with van der Waals surface area (Å²) in [5.74, 6) is 0.459. The summed E-state index contributed by atoms with van der Waals surface area (Å²) in [4.78, 5) is 13.4. The highest BCUT2D eigenvalue weighted by Gasteiger charge is 2.38. The van der Waals surface area contributed by atoms with Gasteiger partial charge in [0, 0.05) is 37.6 Å². The second-order valence-corrected chi connectivity index (χ2v) is 5.51. The number of nitrogens with two attached hydrogens (primary N) is 1. The third-order valence-corrected chi connectivity index (χ3v) is 3.71. The molecule has 3 atom stereocenters. The standard InChI is InChI=1S/C12H23N3O/c1-8-6-15(10-3-4-10)7-11(8)14-9(2)5-12(13)16/h8-11,14H,3-7H2,1-2H3,(H2,13,16). The Labute approximate surface area is 97.6 Å². The molecule has 0 aromatic carbocycles. The van der Waals surface area contributed by atoms with E-state index in [2.05, 4.69) is 17.1 Å². The predicted octanol–water partition coefficient (Wildman–Crippen LogP) is 0.323. The summed E-state index contributed by atoms with van der Waals surface area (Å²) in [6.07, 6.45) is 3.18. The first-order chi connectivity index (χ1) is 7.56. The predicted molar refractivity (Wildman–Crippen MR) is 64.0 cm³/mol. The van der Waals surface area contributed by atoms with Crippen molar-refractivity contribution >= 4 is 5.91 Å². The van der Waals surface area contributed by atoms with Gasteiger partial charge in [-0.2, -0.15) is 0 Å². The molecule has 0 aromatic heterocycles.